The van der Waals surface area contributed by atoms with Gasteiger partial charge in [-0.3, -0.25) is 14.5 Å². The van der Waals surface area contributed by atoms with Crippen molar-refractivity contribution in [3.63, 3.8) is 0 Å². The Hall–Kier alpha value is -1.47. The zero-order chi connectivity index (χ0) is 19.1. The number of rotatable bonds is 8. The minimum atomic E-state index is -0.282. The smallest absolute Gasteiger partial charge is 0.324 e. The van der Waals surface area contributed by atoms with Crippen LogP contribution in [0.5, 0.6) is 0 Å². The van der Waals surface area contributed by atoms with Crippen LogP contribution in [0.3, 0.4) is 0 Å². The molecule has 2 aliphatic rings. The van der Waals surface area contributed by atoms with Crippen LogP contribution >= 0.6 is 0 Å². The molecule has 1 heterocycles. The molecule has 26 heavy (non-hydrogen) atoms. The maximum absolute atomic E-state index is 13.1. The van der Waals surface area contributed by atoms with Gasteiger partial charge in [0.2, 0.25) is 5.91 Å². The van der Waals surface area contributed by atoms with Gasteiger partial charge in [-0.25, -0.2) is 4.79 Å². The first-order valence-electron chi connectivity index (χ1n) is 9.91. The van der Waals surface area contributed by atoms with E-state index in [-0.39, 0.29) is 29.8 Å². The van der Waals surface area contributed by atoms with Gasteiger partial charge in [-0.2, -0.15) is 0 Å². The number of nitrogens with one attached hydrogen (secondary N) is 2. The van der Waals surface area contributed by atoms with Crippen molar-refractivity contribution in [2.45, 2.75) is 51.5 Å². The molecule has 148 valence electrons. The maximum Gasteiger partial charge on any atom is 0.324 e. The lowest BCUT2D eigenvalue weighted by Crippen LogP contribution is -2.61. The predicted octanol–water partition coefficient (Wildman–Crippen LogP) is 1.23. The molecule has 2 atom stereocenters. The molecule has 7 nitrogen and oxygen atoms in total. The number of imide groups is 1. The molecule has 1 saturated carbocycles. The van der Waals surface area contributed by atoms with Crippen LogP contribution in [-0.4, -0.2) is 73.8 Å². The highest BCUT2D eigenvalue weighted by Gasteiger charge is 2.33. The third-order valence-corrected chi connectivity index (χ3v) is 5.35. The van der Waals surface area contributed by atoms with E-state index in [0.29, 0.717) is 38.1 Å². The van der Waals surface area contributed by atoms with Crippen LogP contribution in [0.25, 0.3) is 0 Å². The molecule has 3 amide bonds. The van der Waals surface area contributed by atoms with Crippen molar-refractivity contribution < 1.29 is 14.4 Å². The van der Waals surface area contributed by atoms with Gasteiger partial charge >= 0.3 is 6.03 Å². The lowest BCUT2D eigenvalue weighted by atomic mass is 9.81. The summed E-state index contributed by atoms with van der Waals surface area (Å²) >= 11 is 0. The summed E-state index contributed by atoms with van der Waals surface area (Å²) in [4.78, 5) is 41.0. The molecular weight excluding hydrogens is 332 g/mol. The summed E-state index contributed by atoms with van der Waals surface area (Å²) < 4.78 is 0. The van der Waals surface area contributed by atoms with E-state index in [1.807, 2.05) is 21.0 Å². The van der Waals surface area contributed by atoms with Crippen LogP contribution < -0.4 is 10.6 Å². The molecule has 2 fully saturated rings. The fourth-order valence-corrected chi connectivity index (χ4v) is 4.03. The third kappa shape index (κ3) is 5.77. The first-order chi connectivity index (χ1) is 12.4. The molecule has 0 bridgehead atoms. The molecule has 0 aromatic carbocycles. The quantitative estimate of drug-likeness (QED) is 0.675. The molecular formula is C19H34N4O3. The molecule has 0 unspecified atom stereocenters. The molecule has 1 aliphatic carbocycles. The van der Waals surface area contributed by atoms with Gasteiger partial charge in [0, 0.05) is 39.0 Å². The summed E-state index contributed by atoms with van der Waals surface area (Å²) in [5, 5.41) is 6.05. The Labute approximate surface area is 156 Å². The lowest BCUT2D eigenvalue weighted by Gasteiger charge is -2.38. The average Bonchev–Trinajstić information content (AvgIpc) is 2.57. The zero-order valence-corrected chi connectivity index (χ0v) is 16.4. The van der Waals surface area contributed by atoms with Crippen molar-refractivity contribution >= 4 is 17.7 Å². The van der Waals surface area contributed by atoms with Crippen molar-refractivity contribution in [3.8, 4) is 0 Å². The Kier molecular flexibility index (Phi) is 8.03. The zero-order valence-electron chi connectivity index (χ0n) is 16.4. The Morgan fingerprint density at radius 2 is 2.08 bits per heavy atom. The summed E-state index contributed by atoms with van der Waals surface area (Å²) in [7, 11) is 3.83. The molecule has 2 N–H and O–H groups in total. The number of likely N-dealkylation sites (N-methyl/N-ethyl adjacent to an activating group) is 1. The monoisotopic (exact) mass is 366 g/mol. The van der Waals surface area contributed by atoms with Gasteiger partial charge in [0.15, 0.2) is 0 Å². The molecule has 1 aliphatic heterocycles. The number of hydrogen-bond donors (Lipinski definition) is 2. The van der Waals surface area contributed by atoms with Crippen molar-refractivity contribution in [2.24, 2.45) is 11.8 Å². The molecule has 1 saturated heterocycles. The second-order valence-corrected chi connectivity index (χ2v) is 7.85. The minimum absolute atomic E-state index is 0.121. The molecule has 0 radical (unpaired) electrons. The number of urea groups is 1. The molecule has 2 rings (SSSR count). The number of Topliss-reactive ketones (excluding diaryl/α,β-unsaturated/α-hetero) is 1. The lowest BCUT2D eigenvalue weighted by molar-refractivity contribution is -0.133. The highest BCUT2D eigenvalue weighted by atomic mass is 16.2. The van der Waals surface area contributed by atoms with Crippen LogP contribution in [0, 0.1) is 11.8 Å². The van der Waals surface area contributed by atoms with E-state index in [0.717, 1.165) is 32.4 Å². The third-order valence-electron chi connectivity index (χ3n) is 5.35. The van der Waals surface area contributed by atoms with Gasteiger partial charge in [-0.1, -0.05) is 6.92 Å². The number of nitrogens with zero attached hydrogens (tertiary/aromatic N) is 2. The van der Waals surface area contributed by atoms with Gasteiger partial charge in [-0.15, -0.1) is 0 Å². The average molecular weight is 367 g/mol. The summed E-state index contributed by atoms with van der Waals surface area (Å²) in [6.45, 7) is 4.58. The summed E-state index contributed by atoms with van der Waals surface area (Å²) in [6.07, 6.45) is 4.55. The first kappa shape index (κ1) is 20.8. The van der Waals surface area contributed by atoms with E-state index in [1.54, 1.807) is 0 Å². The predicted molar refractivity (Wildman–Crippen MR) is 101 cm³/mol. The van der Waals surface area contributed by atoms with Gasteiger partial charge in [0.25, 0.3) is 0 Å². The second-order valence-electron chi connectivity index (χ2n) is 7.85. The summed E-state index contributed by atoms with van der Waals surface area (Å²) in [5.74, 6) is 0.168. The fraction of sp³-hybridized carbons (Fsp3) is 0.842. The minimum Gasteiger partial charge on any atom is -0.332 e. The number of carbonyl (C=O) groups is 3. The SMILES string of the molecule is CCCN(C(=O)NC1CN(C)C1)C(=O)[C@@H](CNC)C[C@H]1CCCC(=O)C1. The van der Waals surface area contributed by atoms with Crippen LogP contribution in [0.1, 0.15) is 45.4 Å². The number of ketones is 1. The van der Waals surface area contributed by atoms with Crippen LogP contribution in [0.2, 0.25) is 0 Å². The van der Waals surface area contributed by atoms with E-state index in [1.165, 1.54) is 4.90 Å². The van der Waals surface area contributed by atoms with Crippen molar-refractivity contribution in [1.82, 2.24) is 20.4 Å². The van der Waals surface area contributed by atoms with Gasteiger partial charge in [-0.05, 0) is 45.7 Å². The highest BCUT2D eigenvalue weighted by Crippen LogP contribution is 2.28. The molecule has 0 aromatic rings. The van der Waals surface area contributed by atoms with Gasteiger partial charge < -0.3 is 15.5 Å². The van der Waals surface area contributed by atoms with E-state index >= 15 is 0 Å². The molecule has 0 aromatic heterocycles. The van der Waals surface area contributed by atoms with E-state index in [2.05, 4.69) is 15.5 Å². The number of carbonyl (C=O) groups excluding carboxylic acids is 3. The Bertz CT molecular complexity index is 505. The summed E-state index contributed by atoms with van der Waals surface area (Å²) in [5.41, 5.74) is 0. The number of hydrogen-bond acceptors (Lipinski definition) is 5. The Balaban J connectivity index is 1.99. The maximum atomic E-state index is 13.1. The van der Waals surface area contributed by atoms with E-state index in [4.69, 9.17) is 0 Å². The van der Waals surface area contributed by atoms with Gasteiger partial charge in [0.1, 0.15) is 5.78 Å². The van der Waals surface area contributed by atoms with Crippen LogP contribution in [0.4, 0.5) is 4.79 Å². The Morgan fingerprint density at radius 3 is 2.65 bits per heavy atom. The highest BCUT2D eigenvalue weighted by molar-refractivity contribution is 5.96. The van der Waals surface area contributed by atoms with Crippen LogP contribution in [0.15, 0.2) is 0 Å². The number of likely N-dealkylation sites (tertiary alicyclic amines) is 1. The van der Waals surface area contributed by atoms with E-state index in [9.17, 15) is 14.4 Å². The standard InChI is InChI=1S/C19H34N4O3/c1-4-8-23(19(26)21-16-12-22(3)13-16)18(25)15(11-20-2)9-14-6-5-7-17(24)10-14/h14-16,20H,4-13H2,1-3H3,(H,21,26)/t14-,15-/m1/s1. The Morgan fingerprint density at radius 1 is 1.35 bits per heavy atom. The van der Waals surface area contributed by atoms with Crippen molar-refractivity contribution in [3.05, 3.63) is 0 Å². The van der Waals surface area contributed by atoms with Crippen LogP contribution in [-0.2, 0) is 9.59 Å². The van der Waals surface area contributed by atoms with Crippen molar-refractivity contribution in [1.29, 1.82) is 0 Å². The largest absolute Gasteiger partial charge is 0.332 e. The first-order valence-corrected chi connectivity index (χ1v) is 9.91. The van der Waals surface area contributed by atoms with Gasteiger partial charge in [0.05, 0.1) is 12.0 Å². The number of amides is 3. The molecule has 0 spiro atoms. The fourth-order valence-electron chi connectivity index (χ4n) is 4.03. The normalized spacial score (nSPS) is 22.6. The van der Waals surface area contributed by atoms with Crippen molar-refractivity contribution in [2.75, 3.05) is 40.3 Å². The second kappa shape index (κ2) is 10.0. The topological polar surface area (TPSA) is 81.8 Å². The van der Waals surface area contributed by atoms with E-state index < -0.39 is 0 Å². The molecule has 7 heteroatoms. The summed E-state index contributed by atoms with van der Waals surface area (Å²) in [6, 6.07) is -0.158.